The van der Waals surface area contributed by atoms with E-state index in [2.05, 4.69) is 172 Å². The topological polar surface area (TPSA) is 33.5 Å². The summed E-state index contributed by atoms with van der Waals surface area (Å²) in [5.41, 5.74) is 11.7. The van der Waals surface area contributed by atoms with Gasteiger partial charge in [-0.3, -0.25) is 0 Å². The van der Waals surface area contributed by atoms with Crippen molar-refractivity contribution in [3.8, 4) is 39.6 Å². The van der Waals surface area contributed by atoms with E-state index in [4.69, 9.17) is 4.74 Å². The molecule has 2 aliphatic heterocycles. The first-order valence-corrected chi connectivity index (χ1v) is 19.6. The van der Waals surface area contributed by atoms with E-state index in [0.717, 1.165) is 51.2 Å². The zero-order chi connectivity index (χ0) is 37.0. The third-order valence-electron chi connectivity index (χ3n) is 10.7. The van der Waals surface area contributed by atoms with Crippen molar-refractivity contribution in [3.63, 3.8) is 0 Å². The van der Waals surface area contributed by atoms with E-state index in [0.29, 0.717) is 11.5 Å². The quantitative estimate of drug-likeness (QED) is 0.142. The Balaban J connectivity index is 0.00000396. The summed E-state index contributed by atoms with van der Waals surface area (Å²) in [5.74, 6) is 2.10. The van der Waals surface area contributed by atoms with Crippen molar-refractivity contribution in [3.05, 3.63) is 194 Å². The number of hydrogen-bond donors (Lipinski definition) is 0. The van der Waals surface area contributed by atoms with Gasteiger partial charge in [-0.15, -0.1) is 29.7 Å². The SMILES string of the molecule is [Pt].[c-]1c(Oc2[c-]c3c(cc2)c2ccccc2n3-c2ccccn2)ccc2c1N1[CH-]N(CCc3c(-c4ccccc4)cccc3-c3ccccc3)c3cccc(c31)S2. The molecule has 0 N–H and O–H groups in total. The Morgan fingerprint density at radius 2 is 1.32 bits per heavy atom. The van der Waals surface area contributed by atoms with Gasteiger partial charge in [-0.1, -0.05) is 125 Å². The molecule has 0 saturated carbocycles. The van der Waals surface area contributed by atoms with Crippen LogP contribution >= 0.6 is 11.8 Å². The van der Waals surface area contributed by atoms with Gasteiger partial charge in [0.2, 0.25) is 0 Å². The number of rotatable bonds is 8. The predicted molar refractivity (Wildman–Crippen MR) is 228 cm³/mol. The molecule has 11 rings (SSSR count). The number of fused-ring (bicyclic) bond motifs is 5. The summed E-state index contributed by atoms with van der Waals surface area (Å²) in [6.45, 7) is 3.05. The van der Waals surface area contributed by atoms with Gasteiger partial charge in [0.1, 0.15) is 5.82 Å². The molecular formula is C50H33N4OPtS-3. The molecule has 0 saturated heterocycles. The van der Waals surface area contributed by atoms with Crippen LogP contribution in [0.2, 0.25) is 0 Å². The molecule has 0 aliphatic carbocycles. The van der Waals surface area contributed by atoms with Crippen LogP contribution < -0.4 is 14.5 Å². The number of nitrogens with zero attached hydrogens (tertiary/aromatic N) is 4. The average molecular weight is 933 g/mol. The van der Waals surface area contributed by atoms with E-state index in [1.54, 1.807) is 11.8 Å². The van der Waals surface area contributed by atoms with Gasteiger partial charge in [0.25, 0.3) is 0 Å². The van der Waals surface area contributed by atoms with Crippen LogP contribution in [0.5, 0.6) is 11.5 Å². The second-order valence-electron chi connectivity index (χ2n) is 14.0. The minimum absolute atomic E-state index is 0. The van der Waals surface area contributed by atoms with Gasteiger partial charge in [0, 0.05) is 60.5 Å². The Morgan fingerprint density at radius 3 is 2.09 bits per heavy atom. The van der Waals surface area contributed by atoms with E-state index < -0.39 is 0 Å². The molecule has 0 spiro atoms. The molecule has 0 radical (unpaired) electrons. The van der Waals surface area contributed by atoms with Crippen molar-refractivity contribution in [2.75, 3.05) is 16.3 Å². The maximum absolute atomic E-state index is 6.57. The molecule has 0 unspecified atom stereocenters. The van der Waals surface area contributed by atoms with E-state index in [-0.39, 0.29) is 21.1 Å². The number of benzene rings is 7. The Labute approximate surface area is 350 Å². The van der Waals surface area contributed by atoms with Crippen molar-refractivity contribution in [1.82, 2.24) is 9.55 Å². The molecule has 2 aromatic heterocycles. The predicted octanol–water partition coefficient (Wildman–Crippen LogP) is 12.7. The van der Waals surface area contributed by atoms with Crippen LogP contribution in [0.1, 0.15) is 5.56 Å². The van der Waals surface area contributed by atoms with Crippen LogP contribution in [0.3, 0.4) is 0 Å². The molecule has 2 aliphatic rings. The standard InChI is InChI=1S/C50H33N4OS.Pt/c1-3-13-34(14-4-1)38-18-11-19-39(35-15-5-2-6-16-35)40(38)28-30-52-33-53-46-32-37(25-27-47(46)56-48-22-12-21-44(52)50(48)53)55-36-24-26-42-41-17-7-8-20-43(41)54(45(42)31-36)49-23-9-10-29-51-49;/h1-27,29,33H,28,30H2;/q-3;. The molecule has 7 heteroatoms. The summed E-state index contributed by atoms with van der Waals surface area (Å²) in [6.07, 6.45) is 2.69. The Kier molecular flexibility index (Phi) is 9.17. The minimum atomic E-state index is 0. The largest absolute Gasteiger partial charge is 0.509 e. The van der Waals surface area contributed by atoms with Crippen LogP contribution in [0, 0.1) is 18.8 Å². The number of hydrogen-bond acceptors (Lipinski definition) is 5. The first-order valence-electron chi connectivity index (χ1n) is 18.8. The van der Waals surface area contributed by atoms with E-state index in [9.17, 15) is 0 Å². The number of anilines is 3. The summed E-state index contributed by atoms with van der Waals surface area (Å²) < 4.78 is 8.72. The number of pyridine rings is 1. The van der Waals surface area contributed by atoms with Gasteiger partial charge in [-0.25, -0.2) is 4.98 Å². The monoisotopic (exact) mass is 932 g/mol. The van der Waals surface area contributed by atoms with Gasteiger partial charge in [-0.05, 0) is 76.5 Å². The van der Waals surface area contributed by atoms with Crippen LogP contribution in [0.4, 0.5) is 17.1 Å². The second-order valence-corrected chi connectivity index (χ2v) is 15.1. The summed E-state index contributed by atoms with van der Waals surface area (Å²) in [4.78, 5) is 11.7. The third-order valence-corrected chi connectivity index (χ3v) is 11.8. The van der Waals surface area contributed by atoms with Crippen LogP contribution in [0.25, 0.3) is 49.9 Å². The van der Waals surface area contributed by atoms with Crippen LogP contribution in [0.15, 0.2) is 180 Å². The van der Waals surface area contributed by atoms with Crippen molar-refractivity contribution < 1.29 is 25.8 Å². The molecule has 7 aromatic carbocycles. The van der Waals surface area contributed by atoms with Crippen molar-refractivity contribution in [2.45, 2.75) is 16.2 Å². The van der Waals surface area contributed by atoms with Gasteiger partial charge in [0.15, 0.2) is 0 Å². The zero-order valence-electron chi connectivity index (χ0n) is 30.6. The second kappa shape index (κ2) is 14.8. The average Bonchev–Trinajstić information content (AvgIpc) is 3.80. The van der Waals surface area contributed by atoms with Crippen molar-refractivity contribution in [1.29, 1.82) is 0 Å². The zero-order valence-corrected chi connectivity index (χ0v) is 33.7. The van der Waals surface area contributed by atoms with Crippen molar-refractivity contribution >= 4 is 50.6 Å². The minimum Gasteiger partial charge on any atom is -0.509 e. The summed E-state index contributed by atoms with van der Waals surface area (Å²) in [5, 5.41) is 2.25. The molecule has 0 bridgehead atoms. The van der Waals surface area contributed by atoms with Gasteiger partial charge >= 0.3 is 0 Å². The smallest absolute Gasteiger partial charge is 0.135 e. The Hall–Kier alpha value is -6.07. The van der Waals surface area contributed by atoms with Crippen LogP contribution in [-0.4, -0.2) is 16.1 Å². The fourth-order valence-corrected chi connectivity index (χ4v) is 9.27. The van der Waals surface area contributed by atoms with Crippen molar-refractivity contribution in [2.24, 2.45) is 0 Å². The van der Waals surface area contributed by atoms with E-state index in [1.807, 2.05) is 36.5 Å². The number of para-hydroxylation sites is 2. The van der Waals surface area contributed by atoms with E-state index >= 15 is 0 Å². The van der Waals surface area contributed by atoms with Gasteiger partial charge in [0.05, 0.1) is 0 Å². The summed E-state index contributed by atoms with van der Waals surface area (Å²) >= 11 is 1.78. The van der Waals surface area contributed by atoms with Gasteiger partial charge in [-0.2, -0.15) is 30.6 Å². The van der Waals surface area contributed by atoms with Crippen LogP contribution in [-0.2, 0) is 27.5 Å². The normalized spacial score (nSPS) is 12.7. The molecule has 4 heterocycles. The fraction of sp³-hybridized carbons (Fsp3) is 0.0400. The molecule has 9 aromatic rings. The maximum Gasteiger partial charge on any atom is 0.135 e. The summed E-state index contributed by atoms with van der Waals surface area (Å²) in [6, 6.07) is 64.6. The van der Waals surface area contributed by atoms with Gasteiger partial charge < -0.3 is 19.1 Å². The van der Waals surface area contributed by atoms with E-state index in [1.165, 1.54) is 44.1 Å². The first kappa shape index (κ1) is 35.3. The number of aromatic nitrogens is 2. The molecule has 0 atom stereocenters. The molecule has 278 valence electrons. The molecule has 5 nitrogen and oxygen atoms in total. The first-order chi connectivity index (χ1) is 27.8. The molecule has 0 amide bonds. The molecule has 0 fully saturated rings. The maximum atomic E-state index is 6.57. The number of ether oxygens (including phenoxy) is 1. The molecular weight excluding hydrogens is 900 g/mol. The Morgan fingerprint density at radius 1 is 0.614 bits per heavy atom. The third kappa shape index (κ3) is 6.21. The Bertz CT molecular complexity index is 2860. The molecule has 57 heavy (non-hydrogen) atoms. The summed E-state index contributed by atoms with van der Waals surface area (Å²) in [7, 11) is 0. The fourth-order valence-electron chi connectivity index (χ4n) is 8.20.